The Morgan fingerprint density at radius 2 is 1.55 bits per heavy atom. The van der Waals surface area contributed by atoms with Crippen molar-refractivity contribution < 1.29 is 0 Å². The quantitative estimate of drug-likeness (QED) is 0.474. The van der Waals surface area contributed by atoms with Crippen LogP contribution in [0.5, 0.6) is 0 Å². The molecule has 3 aromatic carbocycles. The third-order valence-electron chi connectivity index (χ3n) is 5.07. The molecule has 4 nitrogen and oxygen atoms in total. The van der Waals surface area contributed by atoms with E-state index in [1.807, 2.05) is 42.5 Å². The maximum absolute atomic E-state index is 12.3. The first kappa shape index (κ1) is 17.2. The van der Waals surface area contributed by atoms with E-state index in [4.69, 9.17) is 0 Å². The maximum atomic E-state index is 12.3. The second-order valence-electron chi connectivity index (χ2n) is 7.02. The van der Waals surface area contributed by atoms with Gasteiger partial charge in [0.2, 0.25) is 0 Å². The van der Waals surface area contributed by atoms with Crippen LogP contribution in [0.2, 0.25) is 0 Å². The van der Waals surface area contributed by atoms with Crippen molar-refractivity contribution in [2.45, 2.75) is 6.54 Å². The number of hydrogen-bond acceptors (Lipinski definition) is 2. The van der Waals surface area contributed by atoms with Gasteiger partial charge < -0.3 is 9.55 Å². The van der Waals surface area contributed by atoms with Gasteiger partial charge in [0, 0.05) is 29.2 Å². The van der Waals surface area contributed by atoms with Gasteiger partial charge in [0.05, 0.1) is 10.9 Å². The van der Waals surface area contributed by atoms with Crippen LogP contribution in [0.3, 0.4) is 0 Å². The summed E-state index contributed by atoms with van der Waals surface area (Å²) in [5, 5.41) is 1.77. The molecule has 1 N–H and O–H groups in total. The first-order valence-corrected chi connectivity index (χ1v) is 9.57. The summed E-state index contributed by atoms with van der Waals surface area (Å²) in [6.07, 6.45) is 6.02. The van der Waals surface area contributed by atoms with Crippen molar-refractivity contribution in [2.24, 2.45) is 0 Å². The van der Waals surface area contributed by atoms with Crippen LogP contribution in [-0.4, -0.2) is 14.5 Å². The average Bonchev–Trinajstić information content (AvgIpc) is 3.11. The van der Waals surface area contributed by atoms with E-state index >= 15 is 0 Å². The zero-order valence-corrected chi connectivity index (χ0v) is 15.7. The molecule has 0 fully saturated rings. The molecule has 29 heavy (non-hydrogen) atoms. The Kier molecular flexibility index (Phi) is 4.30. The highest BCUT2D eigenvalue weighted by Gasteiger charge is 2.07. The van der Waals surface area contributed by atoms with Crippen LogP contribution in [0.1, 0.15) is 17.0 Å². The monoisotopic (exact) mass is 377 g/mol. The van der Waals surface area contributed by atoms with E-state index in [0.29, 0.717) is 16.7 Å². The van der Waals surface area contributed by atoms with Gasteiger partial charge in [0.15, 0.2) is 0 Å². The topological polar surface area (TPSA) is 50.7 Å². The number of para-hydroxylation sites is 2. The Bertz CT molecular complexity index is 1390. The number of benzene rings is 3. The second-order valence-corrected chi connectivity index (χ2v) is 7.02. The molecule has 5 rings (SSSR count). The number of aromatic amines is 1. The van der Waals surface area contributed by atoms with Crippen molar-refractivity contribution in [3.8, 4) is 0 Å². The van der Waals surface area contributed by atoms with Crippen molar-refractivity contribution in [3.63, 3.8) is 0 Å². The van der Waals surface area contributed by atoms with Crippen molar-refractivity contribution in [1.29, 1.82) is 0 Å². The molecule has 140 valence electrons. The fourth-order valence-electron chi connectivity index (χ4n) is 3.67. The summed E-state index contributed by atoms with van der Waals surface area (Å²) in [5.41, 5.74) is 4.09. The van der Waals surface area contributed by atoms with E-state index in [0.717, 1.165) is 12.1 Å². The maximum Gasteiger partial charge on any atom is 0.259 e. The zero-order chi connectivity index (χ0) is 19.6. The third kappa shape index (κ3) is 3.36. The molecule has 0 aliphatic carbocycles. The number of nitrogens with one attached hydrogen (secondary N) is 1. The average molecular weight is 377 g/mol. The summed E-state index contributed by atoms with van der Waals surface area (Å²) >= 11 is 0. The standard InChI is InChI=1S/C25H19N3O/c29-25-21-11-4-6-12-22(21)26-24(27-25)15-14-19-17-28(16-18-8-2-1-3-9-18)23-13-7-5-10-20(19)23/h1-15,17H,16H2,(H,26,27,29)/b15-14+. The molecule has 0 unspecified atom stereocenters. The molecule has 0 aliphatic heterocycles. The molecule has 0 bridgehead atoms. The molecule has 0 amide bonds. The van der Waals surface area contributed by atoms with Crippen LogP contribution in [0.15, 0.2) is 89.9 Å². The summed E-state index contributed by atoms with van der Waals surface area (Å²) in [5.74, 6) is 0.550. The zero-order valence-electron chi connectivity index (χ0n) is 15.7. The molecule has 0 radical (unpaired) electrons. The van der Waals surface area contributed by atoms with E-state index in [-0.39, 0.29) is 5.56 Å². The van der Waals surface area contributed by atoms with Gasteiger partial charge in [-0.2, -0.15) is 0 Å². The van der Waals surface area contributed by atoms with Crippen LogP contribution >= 0.6 is 0 Å². The lowest BCUT2D eigenvalue weighted by Crippen LogP contribution is -2.09. The van der Waals surface area contributed by atoms with Crippen LogP contribution < -0.4 is 5.56 Å². The molecule has 4 heteroatoms. The van der Waals surface area contributed by atoms with Crippen LogP contribution in [0.25, 0.3) is 34.0 Å². The largest absolute Gasteiger partial charge is 0.342 e. The Hall–Kier alpha value is -3.92. The predicted molar refractivity (Wildman–Crippen MR) is 119 cm³/mol. The first-order valence-electron chi connectivity index (χ1n) is 9.57. The summed E-state index contributed by atoms with van der Waals surface area (Å²) in [6, 6.07) is 26.1. The normalized spacial score (nSPS) is 11.6. The molecule has 0 atom stereocenters. The van der Waals surface area contributed by atoms with Crippen molar-refractivity contribution in [3.05, 3.63) is 112 Å². The minimum atomic E-state index is -0.123. The Morgan fingerprint density at radius 1 is 0.828 bits per heavy atom. The molecule has 0 saturated carbocycles. The highest BCUT2D eigenvalue weighted by molar-refractivity contribution is 5.92. The summed E-state index contributed by atoms with van der Waals surface area (Å²) in [4.78, 5) is 19.7. The molecule has 5 aromatic rings. The Balaban J connectivity index is 1.55. The molecule has 0 aliphatic rings. The molecule has 0 spiro atoms. The van der Waals surface area contributed by atoms with Gasteiger partial charge in [-0.3, -0.25) is 4.79 Å². The van der Waals surface area contributed by atoms with Crippen molar-refractivity contribution in [1.82, 2.24) is 14.5 Å². The van der Waals surface area contributed by atoms with Crippen molar-refractivity contribution in [2.75, 3.05) is 0 Å². The lowest BCUT2D eigenvalue weighted by atomic mass is 10.1. The van der Waals surface area contributed by atoms with E-state index < -0.39 is 0 Å². The molecule has 2 aromatic heterocycles. The van der Waals surface area contributed by atoms with E-state index in [9.17, 15) is 4.79 Å². The molecular weight excluding hydrogens is 358 g/mol. The van der Waals surface area contributed by atoms with Gasteiger partial charge in [0.1, 0.15) is 5.82 Å². The number of rotatable bonds is 4. The predicted octanol–water partition coefficient (Wildman–Crippen LogP) is 5.10. The highest BCUT2D eigenvalue weighted by Crippen LogP contribution is 2.24. The van der Waals surface area contributed by atoms with Gasteiger partial charge >= 0.3 is 0 Å². The summed E-state index contributed by atoms with van der Waals surface area (Å²) < 4.78 is 2.25. The molecular formula is C25H19N3O. The number of H-pyrrole nitrogens is 1. The Morgan fingerprint density at radius 3 is 2.41 bits per heavy atom. The minimum absolute atomic E-state index is 0.123. The SMILES string of the molecule is O=c1[nH]c(/C=C/c2cn(Cc3ccccc3)c3ccccc23)nc2ccccc12. The number of hydrogen-bond donors (Lipinski definition) is 1. The fourth-order valence-corrected chi connectivity index (χ4v) is 3.67. The first-order chi connectivity index (χ1) is 14.3. The van der Waals surface area contributed by atoms with Crippen molar-refractivity contribution >= 4 is 34.0 Å². The summed E-state index contributed by atoms with van der Waals surface area (Å²) in [7, 11) is 0. The number of nitrogens with zero attached hydrogens (tertiary/aromatic N) is 2. The lowest BCUT2D eigenvalue weighted by molar-refractivity contribution is 0.836. The van der Waals surface area contributed by atoms with E-state index in [1.54, 1.807) is 6.07 Å². The highest BCUT2D eigenvalue weighted by atomic mass is 16.1. The Labute approximate surface area is 167 Å². The van der Waals surface area contributed by atoms with Crippen LogP contribution in [0, 0.1) is 0 Å². The summed E-state index contributed by atoms with van der Waals surface area (Å²) in [6.45, 7) is 0.806. The van der Waals surface area contributed by atoms with E-state index in [1.165, 1.54) is 16.5 Å². The molecule has 2 heterocycles. The number of fused-ring (bicyclic) bond motifs is 2. The number of aromatic nitrogens is 3. The van der Waals surface area contributed by atoms with Crippen LogP contribution in [-0.2, 0) is 6.54 Å². The van der Waals surface area contributed by atoms with E-state index in [2.05, 4.69) is 63.2 Å². The van der Waals surface area contributed by atoms with Crippen LogP contribution in [0.4, 0.5) is 0 Å². The minimum Gasteiger partial charge on any atom is -0.342 e. The third-order valence-corrected chi connectivity index (χ3v) is 5.07. The van der Waals surface area contributed by atoms with Gasteiger partial charge in [-0.05, 0) is 35.9 Å². The van der Waals surface area contributed by atoms with Gasteiger partial charge in [0.25, 0.3) is 5.56 Å². The van der Waals surface area contributed by atoms with Gasteiger partial charge in [-0.25, -0.2) is 4.98 Å². The smallest absolute Gasteiger partial charge is 0.259 e. The van der Waals surface area contributed by atoms with Gasteiger partial charge in [-0.1, -0.05) is 60.7 Å². The molecule has 0 saturated heterocycles. The second kappa shape index (κ2) is 7.24. The lowest BCUT2D eigenvalue weighted by Gasteiger charge is -2.05. The van der Waals surface area contributed by atoms with Gasteiger partial charge in [-0.15, -0.1) is 0 Å². The fraction of sp³-hybridized carbons (Fsp3) is 0.0400.